The average Bonchev–Trinajstić information content (AvgIpc) is 3.34. The van der Waals surface area contributed by atoms with Crippen molar-refractivity contribution in [2.75, 3.05) is 41.2 Å². The van der Waals surface area contributed by atoms with E-state index in [0.717, 1.165) is 38.8 Å². The maximum Gasteiger partial charge on any atom is 0.148 e. The fourth-order valence-corrected chi connectivity index (χ4v) is 11.3. The highest BCUT2D eigenvalue weighted by atomic mass is 16.7. The molecule has 7 fully saturated rings. The Labute approximate surface area is 191 Å². The minimum atomic E-state index is -0.847. The van der Waals surface area contributed by atoms with Crippen molar-refractivity contribution >= 4 is 0 Å². The maximum absolute atomic E-state index is 13.0. The summed E-state index contributed by atoms with van der Waals surface area (Å²) < 4.78 is 32.3. The van der Waals surface area contributed by atoms with Gasteiger partial charge in [0.25, 0.3) is 0 Å². The molecule has 0 radical (unpaired) electrons. The number of likely N-dealkylation sites (tertiary alicyclic amines) is 1. The molecule has 12 atom stereocenters. The molecule has 180 valence electrons. The predicted molar refractivity (Wildman–Crippen MR) is 115 cm³/mol. The molecule has 7 heteroatoms. The monoisotopic (exact) mass is 449 g/mol. The number of nitrogens with zero attached hydrogens (tertiary/aromatic N) is 1. The van der Waals surface area contributed by atoms with Gasteiger partial charge in [0.1, 0.15) is 18.0 Å². The van der Waals surface area contributed by atoms with Crippen LogP contribution in [0.5, 0.6) is 0 Å². The van der Waals surface area contributed by atoms with E-state index < -0.39 is 16.8 Å². The second-order valence-corrected chi connectivity index (χ2v) is 12.2. The molecule has 7 nitrogen and oxygen atoms in total. The van der Waals surface area contributed by atoms with E-state index in [0.29, 0.717) is 12.3 Å². The van der Waals surface area contributed by atoms with Crippen molar-refractivity contribution in [1.82, 2.24) is 4.90 Å². The Bertz CT molecular complexity index is 841. The molecular weight excluding hydrogens is 410 g/mol. The second kappa shape index (κ2) is 6.10. The van der Waals surface area contributed by atoms with Crippen LogP contribution < -0.4 is 0 Å². The lowest BCUT2D eigenvalue weighted by atomic mass is 9.41. The van der Waals surface area contributed by atoms with Crippen molar-refractivity contribution < 1.29 is 28.8 Å². The van der Waals surface area contributed by atoms with Crippen LogP contribution in [-0.4, -0.2) is 92.4 Å². The Hall–Kier alpha value is -0.280. The van der Waals surface area contributed by atoms with E-state index >= 15 is 0 Å². The summed E-state index contributed by atoms with van der Waals surface area (Å²) in [5.74, 6) is 0.753. The lowest BCUT2D eigenvalue weighted by Gasteiger charge is -2.72. The number of hydrogen-bond acceptors (Lipinski definition) is 7. The van der Waals surface area contributed by atoms with Crippen molar-refractivity contribution in [1.29, 1.82) is 0 Å². The number of ether oxygens (including phenoxy) is 5. The fraction of sp³-hybridized carbons (Fsp3) is 1.00. The van der Waals surface area contributed by atoms with Crippen LogP contribution in [0.3, 0.4) is 0 Å². The van der Waals surface area contributed by atoms with Crippen LogP contribution in [0.25, 0.3) is 0 Å². The van der Waals surface area contributed by atoms with Crippen molar-refractivity contribution in [3.05, 3.63) is 0 Å². The van der Waals surface area contributed by atoms with Crippen LogP contribution in [0.4, 0.5) is 0 Å². The summed E-state index contributed by atoms with van der Waals surface area (Å²) in [7, 11) is 5.52. The van der Waals surface area contributed by atoms with E-state index in [9.17, 15) is 5.11 Å². The molecule has 2 unspecified atom stereocenters. The Balaban J connectivity index is 1.56. The summed E-state index contributed by atoms with van der Waals surface area (Å²) in [4.78, 5) is 2.63. The van der Waals surface area contributed by atoms with Crippen molar-refractivity contribution in [2.24, 2.45) is 28.6 Å². The lowest BCUT2D eigenvalue weighted by Crippen LogP contribution is -2.83. The van der Waals surface area contributed by atoms with E-state index in [1.54, 1.807) is 0 Å². The van der Waals surface area contributed by atoms with Gasteiger partial charge in [0.2, 0.25) is 0 Å². The van der Waals surface area contributed by atoms with Gasteiger partial charge in [-0.2, -0.15) is 0 Å². The molecule has 7 aliphatic rings. The van der Waals surface area contributed by atoms with E-state index in [1.807, 2.05) is 21.3 Å². The number of piperidine rings is 1. The molecule has 5 aliphatic carbocycles. The van der Waals surface area contributed by atoms with Gasteiger partial charge in [-0.3, -0.25) is 4.90 Å². The number of aliphatic hydroxyl groups is 1. The maximum atomic E-state index is 13.0. The zero-order valence-electron chi connectivity index (χ0n) is 20.1. The van der Waals surface area contributed by atoms with E-state index in [-0.39, 0.29) is 53.8 Å². The van der Waals surface area contributed by atoms with Crippen molar-refractivity contribution in [2.45, 2.75) is 87.1 Å². The molecule has 0 aromatic carbocycles. The Kier molecular flexibility index (Phi) is 4.01. The van der Waals surface area contributed by atoms with Gasteiger partial charge in [0.05, 0.1) is 30.0 Å². The topological polar surface area (TPSA) is 69.6 Å². The van der Waals surface area contributed by atoms with Crippen LogP contribution in [0, 0.1) is 28.6 Å². The Morgan fingerprint density at radius 2 is 1.88 bits per heavy atom. The minimum Gasteiger partial charge on any atom is -0.388 e. The quantitative estimate of drug-likeness (QED) is 0.702. The third kappa shape index (κ3) is 1.74. The number of rotatable bonds is 4. The standard InChI is InChI=1S/C25H39NO6/c1-6-26-12-21(2)8-7-17(29-4)25-15-9-14-16(28-3)10-22(18(15)19(14)30-5)23(20(25)26,32-13-31-22)11-24(21,25)27/h14-20,27H,6-13H2,1-5H3/t14-,15-,16-,17+,18?,19?,20-,21+,22-,23-,24+,25-/m1/s1. The largest absolute Gasteiger partial charge is 0.388 e. The van der Waals surface area contributed by atoms with E-state index in [4.69, 9.17) is 23.7 Å². The highest BCUT2D eigenvalue weighted by molar-refractivity contribution is 5.44. The summed E-state index contributed by atoms with van der Waals surface area (Å²) >= 11 is 0. The van der Waals surface area contributed by atoms with Crippen LogP contribution in [0.15, 0.2) is 0 Å². The van der Waals surface area contributed by atoms with Crippen LogP contribution in [0.1, 0.15) is 46.0 Å². The predicted octanol–water partition coefficient (Wildman–Crippen LogP) is 1.81. The van der Waals surface area contributed by atoms with E-state index in [1.165, 1.54) is 0 Å². The van der Waals surface area contributed by atoms with Crippen molar-refractivity contribution in [3.63, 3.8) is 0 Å². The van der Waals surface area contributed by atoms with Crippen LogP contribution in [0.2, 0.25) is 0 Å². The molecule has 2 aliphatic heterocycles. The molecule has 1 N–H and O–H groups in total. The minimum absolute atomic E-state index is 0.00403. The first-order valence-electron chi connectivity index (χ1n) is 12.7. The molecule has 2 saturated heterocycles. The molecule has 2 heterocycles. The molecule has 7 rings (SSSR count). The van der Waals surface area contributed by atoms with E-state index in [2.05, 4.69) is 18.7 Å². The summed E-state index contributed by atoms with van der Waals surface area (Å²) in [6.07, 6.45) is 4.56. The molecule has 0 amide bonds. The third-order valence-corrected chi connectivity index (χ3v) is 12.0. The van der Waals surface area contributed by atoms with Gasteiger partial charge < -0.3 is 28.8 Å². The summed E-state index contributed by atoms with van der Waals surface area (Å²) in [5.41, 5.74) is -2.49. The highest BCUT2D eigenvalue weighted by Gasteiger charge is 2.94. The molecule has 5 saturated carbocycles. The van der Waals surface area contributed by atoms with Crippen LogP contribution in [-0.2, 0) is 23.7 Å². The first kappa shape index (κ1) is 21.0. The zero-order chi connectivity index (χ0) is 22.3. The highest BCUT2D eigenvalue weighted by Crippen LogP contribution is 2.83. The number of hydrogen-bond donors (Lipinski definition) is 1. The van der Waals surface area contributed by atoms with Crippen LogP contribution >= 0.6 is 0 Å². The van der Waals surface area contributed by atoms with Gasteiger partial charge >= 0.3 is 0 Å². The average molecular weight is 450 g/mol. The third-order valence-electron chi connectivity index (χ3n) is 12.0. The van der Waals surface area contributed by atoms with Gasteiger partial charge in [0.15, 0.2) is 0 Å². The zero-order valence-corrected chi connectivity index (χ0v) is 20.1. The summed E-state index contributed by atoms with van der Waals surface area (Å²) in [6.45, 7) is 6.72. The van der Waals surface area contributed by atoms with Gasteiger partial charge in [-0.15, -0.1) is 0 Å². The van der Waals surface area contributed by atoms with Gasteiger partial charge in [-0.05, 0) is 31.7 Å². The molecule has 7 bridgehead atoms. The molecule has 0 aromatic rings. The lowest BCUT2D eigenvalue weighted by molar-refractivity contribution is -0.320. The van der Waals surface area contributed by atoms with Crippen molar-refractivity contribution in [3.8, 4) is 0 Å². The first-order chi connectivity index (χ1) is 15.3. The molecular formula is C25H39NO6. The molecule has 3 spiro atoms. The molecule has 0 aromatic heterocycles. The number of fused-ring (bicyclic) bond motifs is 1. The number of methoxy groups -OCH3 is 3. The second-order valence-electron chi connectivity index (χ2n) is 12.2. The SMILES string of the molecule is CCN1C[C@]2(C)CC[C@H](OC)[C@@]34[C@@H]5C[C@H]6C(OC)C5[C@@]5(C[C@H]6OC)OCO[C@]5(C[C@]23O)[C@@H]14. The Morgan fingerprint density at radius 1 is 1.09 bits per heavy atom. The van der Waals surface area contributed by atoms with Gasteiger partial charge in [-0.25, -0.2) is 0 Å². The summed E-state index contributed by atoms with van der Waals surface area (Å²) in [6, 6.07) is 0.0823. The normalized spacial score (nSPS) is 64.1. The fourth-order valence-electron chi connectivity index (χ4n) is 11.3. The number of likely N-dealkylation sites (N-methyl/N-ethyl adjacent to an activating group) is 1. The van der Waals surface area contributed by atoms with Gasteiger partial charge in [0, 0.05) is 63.4 Å². The van der Waals surface area contributed by atoms with Gasteiger partial charge in [-0.1, -0.05) is 13.8 Å². The Morgan fingerprint density at radius 3 is 2.56 bits per heavy atom. The first-order valence-corrected chi connectivity index (χ1v) is 12.7. The molecule has 32 heavy (non-hydrogen) atoms. The summed E-state index contributed by atoms with van der Waals surface area (Å²) in [5, 5.41) is 13.0. The smallest absolute Gasteiger partial charge is 0.148 e.